The highest BCUT2D eigenvalue weighted by Gasteiger charge is 2.24. The number of rotatable bonds is 6. The lowest BCUT2D eigenvalue weighted by molar-refractivity contribution is 0.0746. The summed E-state index contributed by atoms with van der Waals surface area (Å²) in [6.07, 6.45) is 0. The van der Waals surface area contributed by atoms with E-state index in [1.54, 1.807) is 12.1 Å². The molecule has 0 radical (unpaired) electrons. The topological polar surface area (TPSA) is 42.0 Å². The van der Waals surface area contributed by atoms with Crippen LogP contribution < -0.4 is 14.4 Å². The smallest absolute Gasteiger partial charge is 0.254 e. The van der Waals surface area contributed by atoms with Crippen LogP contribution in [0.1, 0.15) is 24.2 Å². The Kier molecular flexibility index (Phi) is 6.45. The largest absolute Gasteiger partial charge is 0.490 e. The zero-order valence-electron chi connectivity index (χ0n) is 15.8. The molecule has 144 valence electrons. The highest BCUT2D eigenvalue weighted by Crippen LogP contribution is 2.30. The number of anilines is 1. The van der Waals surface area contributed by atoms with Gasteiger partial charge in [0.1, 0.15) is 0 Å². The van der Waals surface area contributed by atoms with Gasteiger partial charge in [-0.3, -0.25) is 4.79 Å². The van der Waals surface area contributed by atoms with Gasteiger partial charge in [0.05, 0.1) is 23.9 Å². The molecule has 1 aliphatic rings. The van der Waals surface area contributed by atoms with Crippen LogP contribution >= 0.6 is 11.6 Å². The molecule has 1 aliphatic heterocycles. The van der Waals surface area contributed by atoms with Gasteiger partial charge in [0, 0.05) is 31.7 Å². The van der Waals surface area contributed by atoms with E-state index in [0.717, 1.165) is 23.8 Å². The van der Waals surface area contributed by atoms with Crippen molar-refractivity contribution in [1.29, 1.82) is 0 Å². The third kappa shape index (κ3) is 4.48. The predicted molar refractivity (Wildman–Crippen MR) is 108 cm³/mol. The van der Waals surface area contributed by atoms with Crippen molar-refractivity contribution in [2.75, 3.05) is 44.3 Å². The first-order valence-corrected chi connectivity index (χ1v) is 9.70. The second-order valence-corrected chi connectivity index (χ2v) is 6.67. The zero-order chi connectivity index (χ0) is 19.2. The van der Waals surface area contributed by atoms with Crippen molar-refractivity contribution in [3.63, 3.8) is 0 Å². The summed E-state index contributed by atoms with van der Waals surface area (Å²) in [5.41, 5.74) is 1.64. The number of amides is 1. The minimum Gasteiger partial charge on any atom is -0.490 e. The van der Waals surface area contributed by atoms with Gasteiger partial charge in [-0.1, -0.05) is 23.7 Å². The SMILES string of the molecule is CCOc1ccc(C(=O)N2CCN(c3ccccc3Cl)CC2)cc1OCC. The Morgan fingerprint density at radius 2 is 1.63 bits per heavy atom. The normalized spacial score (nSPS) is 14.2. The van der Waals surface area contributed by atoms with Crippen molar-refractivity contribution < 1.29 is 14.3 Å². The number of ether oxygens (including phenoxy) is 2. The molecule has 1 heterocycles. The van der Waals surface area contributed by atoms with Crippen LogP contribution in [0.15, 0.2) is 42.5 Å². The summed E-state index contributed by atoms with van der Waals surface area (Å²) in [6, 6.07) is 13.2. The molecule has 1 fully saturated rings. The van der Waals surface area contributed by atoms with E-state index >= 15 is 0 Å². The molecule has 0 N–H and O–H groups in total. The maximum atomic E-state index is 12.9. The first-order valence-electron chi connectivity index (χ1n) is 9.32. The van der Waals surface area contributed by atoms with Crippen LogP contribution in [-0.2, 0) is 0 Å². The third-order valence-corrected chi connectivity index (χ3v) is 4.87. The Morgan fingerprint density at radius 3 is 2.30 bits per heavy atom. The molecule has 27 heavy (non-hydrogen) atoms. The number of benzene rings is 2. The van der Waals surface area contributed by atoms with Crippen LogP contribution in [0.5, 0.6) is 11.5 Å². The molecule has 0 spiro atoms. The molecule has 0 unspecified atom stereocenters. The van der Waals surface area contributed by atoms with Crippen molar-refractivity contribution in [3.8, 4) is 11.5 Å². The number of hydrogen-bond donors (Lipinski definition) is 0. The molecule has 0 aliphatic carbocycles. The lowest BCUT2D eigenvalue weighted by atomic mass is 10.1. The molecule has 0 atom stereocenters. The van der Waals surface area contributed by atoms with Crippen molar-refractivity contribution in [1.82, 2.24) is 4.90 Å². The molecule has 0 saturated carbocycles. The van der Waals surface area contributed by atoms with E-state index in [-0.39, 0.29) is 5.91 Å². The standard InChI is InChI=1S/C21H25ClN2O3/c1-3-26-19-10-9-16(15-20(19)27-4-2)21(25)24-13-11-23(12-14-24)18-8-6-5-7-17(18)22/h5-10,15H,3-4,11-14H2,1-2H3. The third-order valence-electron chi connectivity index (χ3n) is 4.55. The zero-order valence-corrected chi connectivity index (χ0v) is 16.5. The fourth-order valence-corrected chi connectivity index (χ4v) is 3.48. The van der Waals surface area contributed by atoms with Gasteiger partial charge in [0.15, 0.2) is 11.5 Å². The average molecular weight is 389 g/mol. The second kappa shape index (κ2) is 9.00. The summed E-state index contributed by atoms with van der Waals surface area (Å²) in [4.78, 5) is 17.0. The molecular formula is C21H25ClN2O3. The summed E-state index contributed by atoms with van der Waals surface area (Å²) >= 11 is 6.29. The van der Waals surface area contributed by atoms with Gasteiger partial charge >= 0.3 is 0 Å². The van der Waals surface area contributed by atoms with Crippen LogP contribution in [0.3, 0.4) is 0 Å². The van der Waals surface area contributed by atoms with Crippen LogP contribution in [-0.4, -0.2) is 50.2 Å². The number of hydrogen-bond acceptors (Lipinski definition) is 4. The fraction of sp³-hybridized carbons (Fsp3) is 0.381. The van der Waals surface area contributed by atoms with Crippen LogP contribution in [0.25, 0.3) is 0 Å². The molecular weight excluding hydrogens is 364 g/mol. The lowest BCUT2D eigenvalue weighted by Gasteiger charge is -2.36. The molecule has 2 aromatic rings. The number of piperazine rings is 1. The van der Waals surface area contributed by atoms with Gasteiger partial charge in [-0.05, 0) is 44.2 Å². The van der Waals surface area contributed by atoms with Gasteiger partial charge in [-0.15, -0.1) is 0 Å². The van der Waals surface area contributed by atoms with E-state index in [4.69, 9.17) is 21.1 Å². The quantitative estimate of drug-likeness (QED) is 0.747. The highest BCUT2D eigenvalue weighted by molar-refractivity contribution is 6.33. The van der Waals surface area contributed by atoms with Gasteiger partial charge in [0.2, 0.25) is 0 Å². The monoisotopic (exact) mass is 388 g/mol. The first kappa shape index (κ1) is 19.4. The van der Waals surface area contributed by atoms with Gasteiger partial charge < -0.3 is 19.3 Å². The molecule has 3 rings (SSSR count). The predicted octanol–water partition coefficient (Wildman–Crippen LogP) is 4.10. The summed E-state index contributed by atoms with van der Waals surface area (Å²) in [6.45, 7) is 7.73. The first-order chi connectivity index (χ1) is 13.1. The van der Waals surface area contributed by atoms with Gasteiger partial charge in [-0.25, -0.2) is 0 Å². The van der Waals surface area contributed by atoms with E-state index in [1.165, 1.54) is 0 Å². The number of carbonyl (C=O) groups is 1. The molecule has 5 nitrogen and oxygen atoms in total. The molecule has 1 amide bonds. The Morgan fingerprint density at radius 1 is 0.963 bits per heavy atom. The van der Waals surface area contributed by atoms with Crippen molar-refractivity contribution >= 4 is 23.2 Å². The average Bonchev–Trinajstić information content (AvgIpc) is 2.70. The number of para-hydroxylation sites is 1. The Hall–Kier alpha value is -2.40. The molecule has 6 heteroatoms. The van der Waals surface area contributed by atoms with Crippen molar-refractivity contribution in [2.45, 2.75) is 13.8 Å². The summed E-state index contributed by atoms with van der Waals surface area (Å²) in [5, 5.41) is 0.741. The van der Waals surface area contributed by atoms with Gasteiger partial charge in [-0.2, -0.15) is 0 Å². The summed E-state index contributed by atoms with van der Waals surface area (Å²) < 4.78 is 11.2. The molecule has 1 saturated heterocycles. The van der Waals surface area contributed by atoms with Crippen LogP contribution in [0.2, 0.25) is 5.02 Å². The number of halogens is 1. The number of carbonyl (C=O) groups excluding carboxylic acids is 1. The molecule has 2 aromatic carbocycles. The molecule has 0 bridgehead atoms. The van der Waals surface area contributed by atoms with Crippen molar-refractivity contribution in [3.05, 3.63) is 53.1 Å². The highest BCUT2D eigenvalue weighted by atomic mass is 35.5. The Labute approximate surface area is 165 Å². The van der Waals surface area contributed by atoms with E-state index in [0.29, 0.717) is 43.4 Å². The minimum absolute atomic E-state index is 0.0119. The van der Waals surface area contributed by atoms with Crippen LogP contribution in [0, 0.1) is 0 Å². The Balaban J connectivity index is 1.68. The van der Waals surface area contributed by atoms with E-state index in [1.807, 2.05) is 49.1 Å². The number of nitrogens with zero attached hydrogens (tertiary/aromatic N) is 2. The molecule has 0 aromatic heterocycles. The van der Waals surface area contributed by atoms with E-state index in [2.05, 4.69) is 4.90 Å². The minimum atomic E-state index is 0.0119. The Bertz CT molecular complexity index is 789. The second-order valence-electron chi connectivity index (χ2n) is 6.26. The fourth-order valence-electron chi connectivity index (χ4n) is 3.23. The van der Waals surface area contributed by atoms with E-state index < -0.39 is 0 Å². The summed E-state index contributed by atoms with van der Waals surface area (Å²) in [5.74, 6) is 1.29. The maximum absolute atomic E-state index is 12.9. The van der Waals surface area contributed by atoms with Gasteiger partial charge in [0.25, 0.3) is 5.91 Å². The van der Waals surface area contributed by atoms with Crippen molar-refractivity contribution in [2.24, 2.45) is 0 Å². The summed E-state index contributed by atoms with van der Waals surface area (Å²) in [7, 11) is 0. The van der Waals surface area contributed by atoms with Crippen LogP contribution in [0.4, 0.5) is 5.69 Å². The lowest BCUT2D eigenvalue weighted by Crippen LogP contribution is -2.48. The van der Waals surface area contributed by atoms with E-state index in [9.17, 15) is 4.79 Å². The maximum Gasteiger partial charge on any atom is 0.254 e.